The zero-order chi connectivity index (χ0) is 11.1. The van der Waals surface area contributed by atoms with E-state index in [9.17, 15) is 4.79 Å². The number of amides is 1. The molecule has 1 aliphatic heterocycles. The highest BCUT2D eigenvalue weighted by Gasteiger charge is 2.51. The van der Waals surface area contributed by atoms with Crippen LogP contribution in [0.5, 0.6) is 0 Å². The second-order valence-electron chi connectivity index (χ2n) is 5.47. The highest BCUT2D eigenvalue weighted by atomic mass is 32.2. The van der Waals surface area contributed by atoms with Crippen molar-refractivity contribution in [1.82, 2.24) is 4.57 Å². The molecule has 1 amide bonds. The van der Waals surface area contributed by atoms with Gasteiger partial charge in [0.15, 0.2) is 8.24 Å². The normalized spacial score (nSPS) is 23.7. The summed E-state index contributed by atoms with van der Waals surface area (Å²) in [6.45, 7) is 11.4. The minimum atomic E-state index is -1.61. The molecule has 0 aromatic rings. The van der Waals surface area contributed by atoms with Gasteiger partial charge in [0.25, 0.3) is 0 Å². The van der Waals surface area contributed by atoms with Gasteiger partial charge >= 0.3 is 0 Å². The number of β-lactam (4-membered cyclic amide) rings is 1. The van der Waals surface area contributed by atoms with Crippen LogP contribution in [0.3, 0.4) is 0 Å². The lowest BCUT2D eigenvalue weighted by Gasteiger charge is -2.54. The van der Waals surface area contributed by atoms with E-state index < -0.39 is 8.24 Å². The van der Waals surface area contributed by atoms with Gasteiger partial charge in [0.1, 0.15) is 0 Å². The molecule has 0 spiro atoms. The van der Waals surface area contributed by atoms with Crippen LogP contribution in [-0.4, -0.2) is 30.3 Å². The molecule has 0 aromatic heterocycles. The van der Waals surface area contributed by atoms with E-state index in [0.29, 0.717) is 11.3 Å². The SMILES string of the molecule is CS[C@H]1CC(=O)N1[Si](C)(C)C(C)(C)C. The van der Waals surface area contributed by atoms with Crippen LogP contribution in [0, 0.1) is 0 Å². The fraction of sp³-hybridized carbons (Fsp3) is 0.900. The summed E-state index contributed by atoms with van der Waals surface area (Å²) in [5.74, 6) is 0.357. The van der Waals surface area contributed by atoms with E-state index >= 15 is 0 Å². The Hall–Kier alpha value is 0.0369. The lowest BCUT2D eigenvalue weighted by molar-refractivity contribution is -0.135. The highest BCUT2D eigenvalue weighted by Crippen LogP contribution is 2.44. The average molecular weight is 231 g/mol. The Morgan fingerprint density at radius 2 is 1.93 bits per heavy atom. The summed E-state index contributed by atoms with van der Waals surface area (Å²) in [6.07, 6.45) is 2.84. The molecular formula is C10H21NOSSi. The highest BCUT2D eigenvalue weighted by molar-refractivity contribution is 7.99. The number of hydrogen-bond donors (Lipinski definition) is 0. The maximum absolute atomic E-state index is 11.6. The minimum absolute atomic E-state index is 0.261. The number of thioether (sulfide) groups is 1. The van der Waals surface area contributed by atoms with E-state index in [1.807, 2.05) is 0 Å². The lowest BCUT2D eigenvalue weighted by Crippen LogP contribution is -2.67. The topological polar surface area (TPSA) is 20.3 Å². The largest absolute Gasteiger partial charge is 0.357 e. The zero-order valence-corrected chi connectivity index (χ0v) is 11.9. The van der Waals surface area contributed by atoms with E-state index in [0.717, 1.165) is 6.42 Å². The molecule has 2 nitrogen and oxygen atoms in total. The minimum Gasteiger partial charge on any atom is -0.357 e. The number of rotatable bonds is 2. The number of hydrogen-bond acceptors (Lipinski definition) is 2. The molecule has 0 saturated carbocycles. The van der Waals surface area contributed by atoms with Crippen molar-refractivity contribution in [2.45, 2.75) is 50.7 Å². The van der Waals surface area contributed by atoms with Crippen molar-refractivity contribution in [3.05, 3.63) is 0 Å². The van der Waals surface area contributed by atoms with Crippen LogP contribution in [0.2, 0.25) is 18.1 Å². The van der Waals surface area contributed by atoms with E-state index in [1.165, 1.54) is 0 Å². The van der Waals surface area contributed by atoms with Crippen LogP contribution in [0.1, 0.15) is 27.2 Å². The summed E-state index contributed by atoms with van der Waals surface area (Å²) in [6, 6.07) is 0. The molecule has 0 aliphatic carbocycles. The van der Waals surface area contributed by atoms with Crippen LogP contribution >= 0.6 is 11.8 Å². The molecule has 1 atom stereocenters. The van der Waals surface area contributed by atoms with Gasteiger partial charge in [-0.05, 0) is 11.3 Å². The smallest absolute Gasteiger partial charge is 0.218 e. The molecule has 1 fully saturated rings. The molecular weight excluding hydrogens is 210 g/mol. The number of carbonyl (C=O) groups excluding carboxylic acids is 1. The second-order valence-corrected chi connectivity index (χ2v) is 11.6. The van der Waals surface area contributed by atoms with Crippen molar-refractivity contribution < 1.29 is 4.79 Å². The Bertz CT molecular complexity index is 247. The first-order valence-corrected chi connectivity index (χ1v) is 9.30. The van der Waals surface area contributed by atoms with Gasteiger partial charge in [0, 0.05) is 0 Å². The van der Waals surface area contributed by atoms with Gasteiger partial charge in [-0.2, -0.15) is 0 Å². The fourth-order valence-electron chi connectivity index (χ4n) is 1.61. The van der Waals surface area contributed by atoms with Crippen molar-refractivity contribution in [2.75, 3.05) is 6.26 Å². The summed E-state index contributed by atoms with van der Waals surface area (Å²) in [5, 5.41) is 0.709. The second kappa shape index (κ2) is 3.56. The fourth-order valence-corrected chi connectivity index (χ4v) is 5.60. The third kappa shape index (κ3) is 1.74. The average Bonchev–Trinajstić information content (AvgIpc) is 1.96. The Kier molecular flexibility index (Phi) is 3.08. The van der Waals surface area contributed by atoms with Gasteiger partial charge in [-0.1, -0.05) is 33.9 Å². The van der Waals surface area contributed by atoms with Crippen molar-refractivity contribution in [3.63, 3.8) is 0 Å². The number of carbonyl (C=O) groups is 1. The molecule has 1 rings (SSSR count). The van der Waals surface area contributed by atoms with Gasteiger partial charge in [-0.25, -0.2) is 0 Å². The Morgan fingerprint density at radius 3 is 2.21 bits per heavy atom. The van der Waals surface area contributed by atoms with Gasteiger partial charge in [0.2, 0.25) is 5.91 Å². The van der Waals surface area contributed by atoms with Gasteiger partial charge < -0.3 is 4.57 Å². The van der Waals surface area contributed by atoms with Gasteiger partial charge in [-0.15, -0.1) is 11.8 Å². The molecule has 0 bridgehead atoms. The quantitative estimate of drug-likeness (QED) is 0.538. The molecule has 1 saturated heterocycles. The Balaban J connectivity index is 2.86. The monoisotopic (exact) mass is 231 g/mol. The summed E-state index contributed by atoms with van der Waals surface area (Å²) in [5.41, 5.74) is 0. The van der Waals surface area contributed by atoms with Gasteiger partial charge in [-0.3, -0.25) is 4.79 Å². The van der Waals surface area contributed by atoms with E-state index in [4.69, 9.17) is 0 Å². The van der Waals surface area contributed by atoms with Crippen LogP contribution in [-0.2, 0) is 4.79 Å². The first-order chi connectivity index (χ1) is 6.21. The molecule has 4 heteroatoms. The molecule has 1 heterocycles. The Morgan fingerprint density at radius 1 is 1.43 bits per heavy atom. The first-order valence-electron chi connectivity index (χ1n) is 5.07. The predicted octanol–water partition coefficient (Wildman–Crippen LogP) is 2.91. The molecule has 0 aromatic carbocycles. The molecule has 0 unspecified atom stereocenters. The van der Waals surface area contributed by atoms with E-state index in [2.05, 4.69) is 44.7 Å². The maximum atomic E-state index is 11.6. The molecule has 0 radical (unpaired) electrons. The van der Waals surface area contributed by atoms with Crippen LogP contribution < -0.4 is 0 Å². The van der Waals surface area contributed by atoms with Crippen LogP contribution in [0.4, 0.5) is 0 Å². The standard InChI is InChI=1S/C10H21NOSSi/c1-10(2,3)14(5,6)11-8(12)7-9(11)13-4/h9H,7H2,1-6H3/t9-/m0/s1. The van der Waals surface area contributed by atoms with Crippen molar-refractivity contribution >= 4 is 25.9 Å². The lowest BCUT2D eigenvalue weighted by atomic mass is 10.2. The number of nitrogens with zero attached hydrogens (tertiary/aromatic N) is 1. The van der Waals surface area contributed by atoms with Gasteiger partial charge in [0.05, 0.1) is 11.8 Å². The van der Waals surface area contributed by atoms with Crippen LogP contribution in [0.15, 0.2) is 0 Å². The third-order valence-electron chi connectivity index (χ3n) is 3.62. The first kappa shape index (κ1) is 12.1. The molecule has 82 valence electrons. The predicted molar refractivity (Wildman–Crippen MR) is 66.0 cm³/mol. The van der Waals surface area contributed by atoms with Crippen LogP contribution in [0.25, 0.3) is 0 Å². The molecule has 0 N–H and O–H groups in total. The summed E-state index contributed by atoms with van der Waals surface area (Å²) >= 11 is 1.81. The third-order valence-corrected chi connectivity index (χ3v) is 10.2. The van der Waals surface area contributed by atoms with E-state index in [-0.39, 0.29) is 5.04 Å². The van der Waals surface area contributed by atoms with Crippen molar-refractivity contribution in [1.29, 1.82) is 0 Å². The van der Waals surface area contributed by atoms with Crippen molar-refractivity contribution in [3.8, 4) is 0 Å². The van der Waals surface area contributed by atoms with Crippen molar-refractivity contribution in [2.24, 2.45) is 0 Å². The molecule has 1 aliphatic rings. The Labute approximate surface area is 92.5 Å². The zero-order valence-electron chi connectivity index (χ0n) is 10.0. The maximum Gasteiger partial charge on any atom is 0.218 e. The molecule has 14 heavy (non-hydrogen) atoms. The van der Waals surface area contributed by atoms with E-state index in [1.54, 1.807) is 11.8 Å². The summed E-state index contributed by atoms with van der Waals surface area (Å²) in [7, 11) is -1.61. The summed E-state index contributed by atoms with van der Waals surface area (Å²) in [4.78, 5) is 11.6. The summed E-state index contributed by atoms with van der Waals surface area (Å²) < 4.78 is 2.18.